The number of pyridine rings is 1. The summed E-state index contributed by atoms with van der Waals surface area (Å²) in [6.07, 6.45) is -6.12. The zero-order valence-corrected chi connectivity index (χ0v) is 33.6. The van der Waals surface area contributed by atoms with Gasteiger partial charge in [0.15, 0.2) is 11.8 Å². The number of aromatic nitrogens is 3. The SMILES string of the molecule is CC(C)(C)SSCCNC(=O)CCNC(=O)[C@@H](O)C(C)(C)COP(=O)(O)OP(=O)(O)OC[C@H]1O[C@@H]([n+]2c[nH]c3c(N)ccnc32)C(O)[C@H]1OP(=O)(O)O. The molecule has 7 atom stereocenters. The molecule has 11 N–H and O–H groups in total. The topological polar surface area (TPSA) is 336 Å². The highest BCUT2D eigenvalue weighted by atomic mass is 33.1. The van der Waals surface area contributed by atoms with Gasteiger partial charge in [0.05, 0.1) is 18.9 Å². The summed E-state index contributed by atoms with van der Waals surface area (Å²) in [5, 5.41) is 26.5. The molecule has 1 aliphatic rings. The van der Waals surface area contributed by atoms with Crippen LogP contribution in [0, 0.1) is 5.41 Å². The second-order valence-corrected chi connectivity index (χ2v) is 20.8. The van der Waals surface area contributed by atoms with Crippen LogP contribution in [0.5, 0.6) is 0 Å². The normalized spacial score (nSPS) is 22.6. The van der Waals surface area contributed by atoms with Gasteiger partial charge in [-0.1, -0.05) is 56.2 Å². The summed E-state index contributed by atoms with van der Waals surface area (Å²) >= 11 is 0. The summed E-state index contributed by atoms with van der Waals surface area (Å²) in [6, 6.07) is 1.48. The number of amides is 2. The van der Waals surface area contributed by atoms with E-state index in [1.54, 1.807) is 21.6 Å². The van der Waals surface area contributed by atoms with Crippen molar-refractivity contribution in [2.75, 3.05) is 37.8 Å². The highest BCUT2D eigenvalue weighted by molar-refractivity contribution is 8.77. The van der Waals surface area contributed by atoms with Crippen molar-refractivity contribution in [2.45, 2.75) is 76.4 Å². The first-order chi connectivity index (χ1) is 24.3. The average molecular weight is 856 g/mol. The molecule has 0 bridgehead atoms. The third-order valence-electron chi connectivity index (χ3n) is 7.06. The molecule has 2 amide bonds. The van der Waals surface area contributed by atoms with Crippen LogP contribution in [0.4, 0.5) is 5.69 Å². The van der Waals surface area contributed by atoms with Gasteiger partial charge in [-0.05, 0) is 6.07 Å². The molecule has 1 saturated heterocycles. The quantitative estimate of drug-likeness (QED) is 0.0377. The highest BCUT2D eigenvalue weighted by Gasteiger charge is 2.52. The number of phosphoric ester groups is 3. The molecule has 3 unspecified atom stereocenters. The van der Waals surface area contributed by atoms with E-state index in [4.69, 9.17) is 19.5 Å². The number of ether oxygens (including phenoxy) is 1. The Labute approximate surface area is 312 Å². The smallest absolute Gasteiger partial charge is 0.396 e. The zero-order valence-electron chi connectivity index (χ0n) is 29.3. The van der Waals surface area contributed by atoms with Crippen molar-refractivity contribution >= 4 is 73.7 Å². The molecule has 53 heavy (non-hydrogen) atoms. The summed E-state index contributed by atoms with van der Waals surface area (Å²) in [4.78, 5) is 70.7. The van der Waals surface area contributed by atoms with Crippen LogP contribution < -0.4 is 20.9 Å². The molecule has 0 spiro atoms. The van der Waals surface area contributed by atoms with Crippen LogP contribution in [0.1, 0.15) is 47.3 Å². The van der Waals surface area contributed by atoms with Gasteiger partial charge in [0.25, 0.3) is 0 Å². The molecule has 2 aromatic rings. The minimum atomic E-state index is -5.53. The van der Waals surface area contributed by atoms with Gasteiger partial charge in [0.1, 0.15) is 30.6 Å². The van der Waals surface area contributed by atoms with Gasteiger partial charge >= 0.3 is 29.1 Å². The first-order valence-electron chi connectivity index (χ1n) is 15.7. The number of imidazole rings is 1. The van der Waals surface area contributed by atoms with Crippen molar-refractivity contribution in [1.29, 1.82) is 0 Å². The number of fused-ring (bicyclic) bond motifs is 1. The van der Waals surface area contributed by atoms with Gasteiger partial charge in [-0.3, -0.25) is 28.1 Å². The Kier molecular flexibility index (Phi) is 16.0. The van der Waals surface area contributed by atoms with E-state index in [1.165, 1.54) is 37.0 Å². The molecule has 0 radical (unpaired) electrons. The summed E-state index contributed by atoms with van der Waals surface area (Å²) in [5.74, 6) is -0.575. The molecule has 0 saturated carbocycles. The van der Waals surface area contributed by atoms with E-state index in [0.29, 0.717) is 17.8 Å². The van der Waals surface area contributed by atoms with Gasteiger partial charge in [0, 0.05) is 35.4 Å². The van der Waals surface area contributed by atoms with E-state index in [-0.39, 0.29) is 35.0 Å². The van der Waals surface area contributed by atoms with E-state index < -0.39 is 78.6 Å². The number of nitrogens with one attached hydrogen (secondary N) is 3. The lowest BCUT2D eigenvalue weighted by molar-refractivity contribution is -0.745. The lowest BCUT2D eigenvalue weighted by atomic mass is 9.87. The molecule has 1 aliphatic heterocycles. The standard InChI is InChI=1S/C26H45N6O16P3S2/c1-25(2,3)53-52-11-10-28-17(33)7-9-30-23(36)21(35)26(4,5)13-45-51(42,43)48-50(40,41)44-12-16-20(47-49(37,38)39)19(34)24(46-16)32-14-31-18-15(27)6-8-29-22(18)32/h6,8,14,16,19-21,24,34-35H,7,9-13H2,1-5H3,(H8,27,28,29,30,33,36,37,38,39,40,41,42,43)/p+1/t16-,19?,20+,21-,24-/m1/s1. The van der Waals surface area contributed by atoms with E-state index in [1.807, 2.05) is 0 Å². The number of carbonyl (C=O) groups is 2. The second kappa shape index (κ2) is 18.5. The fourth-order valence-electron chi connectivity index (χ4n) is 4.53. The largest absolute Gasteiger partial charge is 0.481 e. The number of aliphatic hydroxyl groups is 2. The van der Waals surface area contributed by atoms with Crippen molar-refractivity contribution in [1.82, 2.24) is 20.6 Å². The Morgan fingerprint density at radius 3 is 2.40 bits per heavy atom. The number of aliphatic hydroxyl groups excluding tert-OH is 2. The predicted octanol–water partition coefficient (Wildman–Crippen LogP) is 0.609. The maximum absolute atomic E-state index is 12.7. The molecule has 27 heteroatoms. The number of nitrogens with two attached hydrogens (primary N) is 1. The molecular formula is C26H46N6O16P3S2+. The number of H-pyrrole nitrogens is 1. The lowest BCUT2D eigenvalue weighted by Crippen LogP contribution is -2.46. The van der Waals surface area contributed by atoms with Crippen molar-refractivity contribution < 1.29 is 80.3 Å². The lowest BCUT2D eigenvalue weighted by Gasteiger charge is -2.30. The van der Waals surface area contributed by atoms with E-state index in [0.717, 1.165) is 0 Å². The van der Waals surface area contributed by atoms with Gasteiger partial charge in [-0.15, -0.1) is 4.98 Å². The molecule has 22 nitrogen and oxygen atoms in total. The second-order valence-electron chi connectivity index (χ2n) is 13.3. The maximum Gasteiger partial charge on any atom is 0.481 e. The predicted molar refractivity (Wildman–Crippen MR) is 190 cm³/mol. The number of anilines is 1. The molecule has 3 rings (SSSR count). The van der Waals surface area contributed by atoms with E-state index in [2.05, 4.69) is 50.2 Å². The van der Waals surface area contributed by atoms with Crippen molar-refractivity contribution in [3.8, 4) is 0 Å². The molecule has 1 fully saturated rings. The van der Waals surface area contributed by atoms with Gasteiger partial charge in [-0.25, -0.2) is 18.3 Å². The Morgan fingerprint density at radius 2 is 1.75 bits per heavy atom. The molecular weight excluding hydrogens is 809 g/mol. The number of nitrogen functional groups attached to an aromatic ring is 1. The molecule has 0 aromatic carbocycles. The van der Waals surface area contributed by atoms with Crippen molar-refractivity contribution in [3.05, 3.63) is 18.6 Å². The number of hydrogen-bond acceptors (Lipinski definition) is 16. The van der Waals surface area contributed by atoms with Crippen LogP contribution in [0.2, 0.25) is 0 Å². The summed E-state index contributed by atoms with van der Waals surface area (Å²) in [7, 11) is -13.0. The molecule has 302 valence electrons. The molecule has 3 heterocycles. The van der Waals surface area contributed by atoms with Gasteiger partial charge < -0.3 is 50.9 Å². The van der Waals surface area contributed by atoms with Gasteiger partial charge in [0.2, 0.25) is 18.0 Å². The minimum absolute atomic E-state index is 0.0750. The monoisotopic (exact) mass is 855 g/mol. The van der Waals surface area contributed by atoms with Crippen LogP contribution in [-0.4, -0.2) is 113 Å². The average Bonchev–Trinajstić information content (AvgIpc) is 3.58. The van der Waals surface area contributed by atoms with Gasteiger partial charge in [-0.2, -0.15) is 4.31 Å². The zero-order chi connectivity index (χ0) is 40.0. The molecule has 0 aliphatic carbocycles. The number of hydrogen-bond donors (Lipinski definition) is 10. The number of aromatic amines is 1. The van der Waals surface area contributed by atoms with Crippen LogP contribution in [0.3, 0.4) is 0 Å². The Hall–Kier alpha value is -1.69. The Morgan fingerprint density at radius 1 is 1.09 bits per heavy atom. The van der Waals surface area contributed by atoms with Crippen LogP contribution in [0.15, 0.2) is 18.6 Å². The van der Waals surface area contributed by atoms with Crippen LogP contribution >= 0.6 is 45.1 Å². The molecule has 2 aromatic heterocycles. The highest BCUT2D eigenvalue weighted by Crippen LogP contribution is 2.61. The fourth-order valence-corrected chi connectivity index (χ4v) is 9.54. The minimum Gasteiger partial charge on any atom is -0.396 e. The number of rotatable bonds is 20. The van der Waals surface area contributed by atoms with Crippen molar-refractivity contribution in [3.63, 3.8) is 0 Å². The Balaban J connectivity index is 1.52. The van der Waals surface area contributed by atoms with E-state index >= 15 is 0 Å². The number of carbonyl (C=O) groups excluding carboxylic acids is 2. The fraction of sp³-hybridized carbons (Fsp3) is 0.692. The Bertz CT molecular complexity index is 1730. The summed E-state index contributed by atoms with van der Waals surface area (Å²) in [6.45, 7) is 7.13. The van der Waals surface area contributed by atoms with Crippen LogP contribution in [-0.2, 0) is 45.9 Å². The van der Waals surface area contributed by atoms with E-state index in [9.17, 15) is 53.1 Å². The summed E-state index contributed by atoms with van der Waals surface area (Å²) < 4.78 is 62.4. The maximum atomic E-state index is 12.7. The first-order valence-corrected chi connectivity index (χ1v) is 22.5. The third kappa shape index (κ3) is 14.4. The number of phosphoric acid groups is 3. The number of nitrogens with zero attached hydrogens (tertiary/aromatic N) is 2. The first kappa shape index (κ1) is 45.7. The van der Waals surface area contributed by atoms with Crippen LogP contribution in [0.25, 0.3) is 11.2 Å². The third-order valence-corrected chi connectivity index (χ3v) is 13.5. The van der Waals surface area contributed by atoms with Crippen molar-refractivity contribution in [2.24, 2.45) is 5.41 Å². The summed E-state index contributed by atoms with van der Waals surface area (Å²) in [5.41, 5.74) is 5.09.